The lowest BCUT2D eigenvalue weighted by Crippen LogP contribution is -2.55. The largest absolute Gasteiger partial charge is 0.544 e. The first kappa shape index (κ1) is 48.5. The van der Waals surface area contributed by atoms with E-state index in [4.69, 9.17) is 14.2 Å². The summed E-state index contributed by atoms with van der Waals surface area (Å²) in [5.74, 6) is -1.90. The summed E-state index contributed by atoms with van der Waals surface area (Å²) >= 11 is 0. The first-order valence-corrected chi connectivity index (χ1v) is 19.6. The van der Waals surface area contributed by atoms with Crippen molar-refractivity contribution in [2.45, 2.75) is 135 Å². The highest BCUT2D eigenvalue weighted by atomic mass is 16.6. The molecule has 0 fully saturated rings. The number of nitrogens with zero attached hydrogens (tertiary/aromatic N) is 1. The monoisotopic (exact) mass is 726 g/mol. The van der Waals surface area contributed by atoms with Gasteiger partial charge in [0.2, 0.25) is 0 Å². The van der Waals surface area contributed by atoms with Gasteiger partial charge in [-0.25, -0.2) is 0 Å². The van der Waals surface area contributed by atoms with Crippen LogP contribution in [-0.4, -0.2) is 75.5 Å². The number of esters is 2. The van der Waals surface area contributed by atoms with Crippen LogP contribution in [0.4, 0.5) is 0 Å². The van der Waals surface area contributed by atoms with E-state index >= 15 is 0 Å². The molecule has 0 saturated carbocycles. The fourth-order valence-corrected chi connectivity index (χ4v) is 4.98. The maximum absolute atomic E-state index is 12.5. The Labute approximate surface area is 316 Å². The Morgan fingerprint density at radius 3 is 1.65 bits per heavy atom. The molecule has 0 aromatic heterocycles. The Hall–Kier alpha value is -3.49. The number of hydrogen-bond donors (Lipinski definition) is 0. The van der Waals surface area contributed by atoms with Crippen molar-refractivity contribution in [3.05, 3.63) is 85.1 Å². The first-order valence-electron chi connectivity index (χ1n) is 19.6. The Morgan fingerprint density at radius 1 is 0.596 bits per heavy atom. The number of aliphatic carboxylic acids is 1. The Morgan fingerprint density at radius 2 is 1.12 bits per heavy atom. The molecule has 8 heteroatoms. The lowest BCUT2D eigenvalue weighted by molar-refractivity contribution is -0.889. The van der Waals surface area contributed by atoms with Crippen LogP contribution in [0.1, 0.15) is 123 Å². The summed E-state index contributed by atoms with van der Waals surface area (Å²) in [6, 6.07) is -0.742. The van der Waals surface area contributed by atoms with Crippen LogP contribution in [0.5, 0.6) is 0 Å². The number of carbonyl (C=O) groups excluding carboxylic acids is 3. The van der Waals surface area contributed by atoms with Crippen molar-refractivity contribution in [1.82, 2.24) is 0 Å². The topological polar surface area (TPSA) is 102 Å². The second-order valence-electron chi connectivity index (χ2n) is 13.8. The maximum Gasteiger partial charge on any atom is 0.306 e. The summed E-state index contributed by atoms with van der Waals surface area (Å²) in [6.07, 6.45) is 43.6. The molecular formula is C44H71NO7. The van der Waals surface area contributed by atoms with Crippen molar-refractivity contribution in [2.75, 3.05) is 41.0 Å². The highest BCUT2D eigenvalue weighted by Crippen LogP contribution is 2.10. The smallest absolute Gasteiger partial charge is 0.306 e. The number of ether oxygens (including phenoxy) is 3. The Bertz CT molecular complexity index is 1120. The van der Waals surface area contributed by atoms with E-state index in [0.717, 1.165) is 57.8 Å². The van der Waals surface area contributed by atoms with Gasteiger partial charge in [0.05, 0.1) is 40.3 Å². The molecule has 0 amide bonds. The van der Waals surface area contributed by atoms with Crippen LogP contribution in [0.15, 0.2) is 85.1 Å². The molecule has 8 nitrogen and oxygen atoms in total. The second kappa shape index (κ2) is 34.6. The number of carboxylic acid groups (broad SMARTS) is 1. The molecule has 52 heavy (non-hydrogen) atoms. The third-order valence-corrected chi connectivity index (χ3v) is 8.03. The summed E-state index contributed by atoms with van der Waals surface area (Å²) in [5.41, 5.74) is 0. The number of rotatable bonds is 33. The van der Waals surface area contributed by atoms with Gasteiger partial charge in [0.15, 0.2) is 6.10 Å². The van der Waals surface area contributed by atoms with Crippen molar-refractivity contribution in [3.8, 4) is 0 Å². The molecule has 0 aliphatic rings. The van der Waals surface area contributed by atoms with Crippen molar-refractivity contribution in [1.29, 1.82) is 0 Å². The van der Waals surface area contributed by atoms with Gasteiger partial charge in [-0.15, -0.1) is 0 Å². The average Bonchev–Trinajstić information content (AvgIpc) is 3.09. The molecule has 0 N–H and O–H groups in total. The number of carbonyl (C=O) groups is 3. The summed E-state index contributed by atoms with van der Waals surface area (Å²) in [5, 5.41) is 11.6. The number of likely N-dealkylation sites (N-methyl/N-ethyl adjacent to an activating group) is 1. The standard InChI is InChI=1S/C44H71NO7/c1-6-8-10-12-14-16-17-18-19-20-21-22-23-24-25-26-27-29-30-32-34-42(46)51-39-40(38-50-37-36-41(44(48)49)45(3,4)5)52-43(47)35-33-31-28-15-13-11-9-7-2/h8,10,14,16,18-19,21-22,24-25,27-29,31,40-41H,6-7,9,11-13,15,17,20,23,26,30,32-39H2,1-5H3/b10-8+,16-14+,19-18+,22-21+,25-24+,29-27+,31-28+. The third kappa shape index (κ3) is 32.4. The van der Waals surface area contributed by atoms with E-state index < -0.39 is 24.1 Å². The maximum atomic E-state index is 12.5. The van der Waals surface area contributed by atoms with Crippen LogP contribution < -0.4 is 5.11 Å². The molecule has 0 aliphatic heterocycles. The summed E-state index contributed by atoms with van der Waals surface area (Å²) in [6.45, 7) is 4.36. The quantitative estimate of drug-likeness (QED) is 0.0288. The van der Waals surface area contributed by atoms with E-state index in [-0.39, 0.29) is 49.5 Å². The zero-order valence-electron chi connectivity index (χ0n) is 33.2. The van der Waals surface area contributed by atoms with Gasteiger partial charge in [0, 0.05) is 19.3 Å². The van der Waals surface area contributed by atoms with Gasteiger partial charge in [0.1, 0.15) is 12.6 Å². The van der Waals surface area contributed by atoms with Gasteiger partial charge in [-0.3, -0.25) is 9.59 Å². The highest BCUT2D eigenvalue weighted by molar-refractivity contribution is 5.70. The molecule has 0 rings (SSSR count). The van der Waals surface area contributed by atoms with Crippen LogP contribution in [-0.2, 0) is 28.6 Å². The van der Waals surface area contributed by atoms with Gasteiger partial charge in [-0.2, -0.15) is 0 Å². The number of allylic oxidation sites excluding steroid dienone is 14. The van der Waals surface area contributed by atoms with E-state index in [9.17, 15) is 19.5 Å². The molecule has 0 spiro atoms. The molecule has 0 aliphatic carbocycles. The molecule has 2 unspecified atom stereocenters. The lowest BCUT2D eigenvalue weighted by Gasteiger charge is -2.34. The Kier molecular flexibility index (Phi) is 32.3. The van der Waals surface area contributed by atoms with Crippen molar-refractivity contribution < 1.29 is 38.2 Å². The van der Waals surface area contributed by atoms with Gasteiger partial charge in [-0.05, 0) is 70.6 Å². The van der Waals surface area contributed by atoms with Crippen molar-refractivity contribution >= 4 is 17.9 Å². The average molecular weight is 726 g/mol. The number of unbranched alkanes of at least 4 members (excludes halogenated alkanes) is 5. The minimum absolute atomic E-state index is 0.00172. The molecule has 0 bridgehead atoms. The zero-order valence-corrected chi connectivity index (χ0v) is 33.2. The van der Waals surface area contributed by atoms with Gasteiger partial charge in [0.25, 0.3) is 0 Å². The molecular weight excluding hydrogens is 654 g/mol. The van der Waals surface area contributed by atoms with E-state index in [0.29, 0.717) is 12.8 Å². The highest BCUT2D eigenvalue weighted by Gasteiger charge is 2.25. The van der Waals surface area contributed by atoms with Crippen LogP contribution >= 0.6 is 0 Å². The zero-order chi connectivity index (χ0) is 38.5. The van der Waals surface area contributed by atoms with E-state index in [1.54, 1.807) is 21.1 Å². The number of carboxylic acids is 1. The van der Waals surface area contributed by atoms with Gasteiger partial charge < -0.3 is 28.6 Å². The minimum Gasteiger partial charge on any atom is -0.544 e. The van der Waals surface area contributed by atoms with E-state index in [1.807, 2.05) is 6.08 Å². The SMILES string of the molecule is CC/C=C/C/C=C/C/C=C/C/C=C/C/C=C/C/C=C/CCCC(=O)OCC(COCCC(C(=O)[O-])[N+](C)(C)C)OC(=O)CC/C=C/CCCCCC. The van der Waals surface area contributed by atoms with Crippen molar-refractivity contribution in [3.63, 3.8) is 0 Å². The summed E-state index contributed by atoms with van der Waals surface area (Å²) < 4.78 is 16.9. The second-order valence-corrected chi connectivity index (χ2v) is 13.8. The Balaban J connectivity index is 4.47. The van der Waals surface area contributed by atoms with Gasteiger partial charge >= 0.3 is 11.9 Å². The normalized spacial score (nSPS) is 13.9. The molecule has 0 aromatic rings. The van der Waals surface area contributed by atoms with E-state index in [1.165, 1.54) is 19.3 Å². The molecule has 0 heterocycles. The van der Waals surface area contributed by atoms with Crippen LogP contribution in [0.2, 0.25) is 0 Å². The van der Waals surface area contributed by atoms with Crippen LogP contribution in [0, 0.1) is 0 Å². The molecule has 2 atom stereocenters. The summed E-state index contributed by atoms with van der Waals surface area (Å²) in [4.78, 5) is 36.5. The number of quaternary nitrogens is 1. The van der Waals surface area contributed by atoms with Crippen molar-refractivity contribution in [2.24, 2.45) is 0 Å². The third-order valence-electron chi connectivity index (χ3n) is 8.03. The molecule has 0 radical (unpaired) electrons. The lowest BCUT2D eigenvalue weighted by atomic mass is 10.1. The fourth-order valence-electron chi connectivity index (χ4n) is 4.98. The van der Waals surface area contributed by atoms with E-state index in [2.05, 4.69) is 92.8 Å². The molecule has 294 valence electrons. The number of hydrogen-bond acceptors (Lipinski definition) is 7. The van der Waals surface area contributed by atoms with Gasteiger partial charge in [-0.1, -0.05) is 118 Å². The van der Waals surface area contributed by atoms with Crippen LogP contribution in [0.25, 0.3) is 0 Å². The molecule has 0 saturated heterocycles. The fraction of sp³-hybridized carbons (Fsp3) is 0.614. The predicted octanol–water partition coefficient (Wildman–Crippen LogP) is 8.85. The summed E-state index contributed by atoms with van der Waals surface area (Å²) in [7, 11) is 5.35. The van der Waals surface area contributed by atoms with Crippen LogP contribution in [0.3, 0.4) is 0 Å². The first-order chi connectivity index (χ1) is 25.1. The predicted molar refractivity (Wildman–Crippen MR) is 212 cm³/mol. The minimum atomic E-state index is -1.14. The molecule has 0 aromatic carbocycles.